The Morgan fingerprint density at radius 3 is 2.41 bits per heavy atom. The Balaban J connectivity index is 0.000000304. The van der Waals surface area contributed by atoms with Crippen LogP contribution in [-0.4, -0.2) is 41.2 Å². The molecule has 1 amide bonds. The number of anilines is 1. The number of aromatic nitrogens is 1. The summed E-state index contributed by atoms with van der Waals surface area (Å²) in [5, 5.41) is 5.54. The third-order valence-electron chi connectivity index (χ3n) is 7.50. The molecule has 0 aliphatic carbocycles. The summed E-state index contributed by atoms with van der Waals surface area (Å²) in [5.41, 5.74) is 8.63. The second-order valence-corrected chi connectivity index (χ2v) is 10.9. The third-order valence-corrected chi connectivity index (χ3v) is 7.50. The van der Waals surface area contributed by atoms with E-state index in [1.54, 1.807) is 13.1 Å². The summed E-state index contributed by atoms with van der Waals surface area (Å²) in [6, 6.07) is 6.49. The van der Waals surface area contributed by atoms with Gasteiger partial charge in [-0.05, 0) is 68.3 Å². The fourth-order valence-electron chi connectivity index (χ4n) is 4.56. The van der Waals surface area contributed by atoms with Crippen LogP contribution < -0.4 is 16.4 Å². The molecule has 2 aliphatic heterocycles. The first-order valence-corrected chi connectivity index (χ1v) is 14.0. The van der Waals surface area contributed by atoms with Crippen molar-refractivity contribution in [2.75, 3.05) is 18.4 Å². The average molecular weight is 650 g/mol. The van der Waals surface area contributed by atoms with Gasteiger partial charge in [0.2, 0.25) is 5.91 Å². The average Bonchev–Trinajstić information content (AvgIpc) is 3.33. The zero-order valence-electron chi connectivity index (χ0n) is 25.4. The van der Waals surface area contributed by atoms with Crippen LogP contribution >= 0.6 is 0 Å². The van der Waals surface area contributed by atoms with Crippen LogP contribution in [0.3, 0.4) is 0 Å². The molecule has 0 bridgehead atoms. The summed E-state index contributed by atoms with van der Waals surface area (Å²) in [6.45, 7) is 12.0. The van der Waals surface area contributed by atoms with Gasteiger partial charge in [0.15, 0.2) is 0 Å². The smallest absolute Gasteiger partial charge is 0.384 e. The number of allylic oxidation sites excluding steroid dienone is 4. The van der Waals surface area contributed by atoms with Crippen LogP contribution in [0.5, 0.6) is 0 Å². The maximum absolute atomic E-state index is 13.8. The second kappa shape index (κ2) is 14.1. The second-order valence-electron chi connectivity index (χ2n) is 10.9. The molecule has 246 valence electrons. The summed E-state index contributed by atoms with van der Waals surface area (Å²) in [7, 11) is 0. The number of hydrogen-bond acceptors (Lipinski definition) is 5. The molecule has 1 aromatic carbocycles. The minimum atomic E-state index is -4.61. The van der Waals surface area contributed by atoms with E-state index in [0.29, 0.717) is 22.5 Å². The van der Waals surface area contributed by atoms with E-state index in [9.17, 15) is 35.5 Å². The molecule has 0 fully saturated rings. The molecule has 6 nitrogen and oxygen atoms in total. The first-order chi connectivity index (χ1) is 21.4. The van der Waals surface area contributed by atoms with Gasteiger partial charge < -0.3 is 21.3 Å². The molecule has 46 heavy (non-hydrogen) atoms. The number of primary amides is 1. The highest BCUT2D eigenvalue weighted by Crippen LogP contribution is 2.45. The zero-order valence-corrected chi connectivity index (χ0v) is 25.4. The lowest BCUT2D eigenvalue weighted by atomic mass is 9.82. The van der Waals surface area contributed by atoms with E-state index >= 15 is 0 Å². The molecule has 3 heterocycles. The summed E-state index contributed by atoms with van der Waals surface area (Å²) >= 11 is 0. The van der Waals surface area contributed by atoms with Crippen molar-refractivity contribution < 1.29 is 35.5 Å². The molecule has 1 aromatic heterocycles. The number of rotatable bonds is 8. The summed E-state index contributed by atoms with van der Waals surface area (Å²) in [6.07, 6.45) is -1.83. The van der Waals surface area contributed by atoms with Crippen molar-refractivity contribution in [1.82, 2.24) is 15.2 Å². The molecule has 4 rings (SSSR count). The summed E-state index contributed by atoms with van der Waals surface area (Å²) in [5.74, 6) is -3.13. The highest BCUT2D eigenvalue weighted by molar-refractivity contribution is 5.94. The quantitative estimate of drug-likeness (QED) is 0.202. The Labute approximate surface area is 262 Å². The van der Waals surface area contributed by atoms with Crippen molar-refractivity contribution in [2.45, 2.75) is 50.9 Å². The number of benzene rings is 1. The van der Waals surface area contributed by atoms with Gasteiger partial charge in [-0.2, -0.15) is 26.3 Å². The number of nitrogens with two attached hydrogens (primary N) is 1. The van der Waals surface area contributed by atoms with Gasteiger partial charge in [0.1, 0.15) is 11.7 Å². The molecular formula is C33H34F7N5O. The molecule has 0 radical (unpaired) electrons. The predicted molar refractivity (Wildman–Crippen MR) is 163 cm³/mol. The van der Waals surface area contributed by atoms with Crippen LogP contribution in [0.15, 0.2) is 96.8 Å². The van der Waals surface area contributed by atoms with Gasteiger partial charge in [-0.3, -0.25) is 4.79 Å². The van der Waals surface area contributed by atoms with Crippen molar-refractivity contribution in [3.05, 3.63) is 114 Å². The lowest BCUT2D eigenvalue weighted by Crippen LogP contribution is -2.40. The number of alkyl halides is 6. The van der Waals surface area contributed by atoms with Crippen LogP contribution in [0, 0.1) is 5.82 Å². The number of nitrogens with one attached hydrogen (secondary N) is 2. The molecule has 2 atom stereocenters. The first-order valence-electron chi connectivity index (χ1n) is 14.0. The minimum absolute atomic E-state index is 0.116. The van der Waals surface area contributed by atoms with Crippen LogP contribution in [-0.2, 0) is 10.2 Å². The van der Waals surface area contributed by atoms with E-state index in [1.807, 2.05) is 13.8 Å². The molecule has 0 saturated carbocycles. The van der Waals surface area contributed by atoms with Gasteiger partial charge in [-0.1, -0.05) is 25.7 Å². The van der Waals surface area contributed by atoms with Crippen LogP contribution in [0.2, 0.25) is 0 Å². The number of halogens is 7. The van der Waals surface area contributed by atoms with E-state index in [0.717, 1.165) is 24.3 Å². The number of carbonyl (C=O) groups is 1. The Bertz CT molecular complexity index is 1600. The van der Waals surface area contributed by atoms with E-state index in [4.69, 9.17) is 5.73 Å². The zero-order chi connectivity index (χ0) is 34.4. The SMILES string of the molecule is C=C1C=CC(C(F)(F)F)=CN1/C=C(/C)CC.C=C=CNCC(c1cc2c(c(-c3ccc(F)cc3)n1)NCC2(C)C(N)=O)C(F)(F)F. The highest BCUT2D eigenvalue weighted by Gasteiger charge is 2.46. The minimum Gasteiger partial charge on any atom is -0.384 e. The Morgan fingerprint density at radius 1 is 1.22 bits per heavy atom. The van der Waals surface area contributed by atoms with E-state index in [2.05, 4.69) is 34.5 Å². The topological polar surface area (TPSA) is 83.3 Å². The lowest BCUT2D eigenvalue weighted by molar-refractivity contribution is -0.149. The molecule has 13 heteroatoms. The van der Waals surface area contributed by atoms with E-state index < -0.39 is 47.5 Å². The molecule has 0 saturated heterocycles. The maximum atomic E-state index is 13.8. The fourth-order valence-corrected chi connectivity index (χ4v) is 4.56. The van der Waals surface area contributed by atoms with Crippen molar-refractivity contribution in [3.8, 4) is 11.3 Å². The highest BCUT2D eigenvalue weighted by atomic mass is 19.4. The van der Waals surface area contributed by atoms with Gasteiger partial charge in [-0.25, -0.2) is 9.37 Å². The number of fused-ring (bicyclic) bond motifs is 1. The van der Waals surface area contributed by atoms with Crippen molar-refractivity contribution in [3.63, 3.8) is 0 Å². The number of carbonyl (C=O) groups excluding carboxylic acids is 1. The molecular weight excluding hydrogens is 615 g/mol. The summed E-state index contributed by atoms with van der Waals surface area (Å²) < 4.78 is 92.3. The van der Waals surface area contributed by atoms with Gasteiger partial charge in [0, 0.05) is 42.9 Å². The third kappa shape index (κ3) is 8.28. The Morgan fingerprint density at radius 2 is 1.87 bits per heavy atom. The maximum Gasteiger partial charge on any atom is 0.417 e. The van der Waals surface area contributed by atoms with Crippen molar-refractivity contribution >= 4 is 11.6 Å². The summed E-state index contributed by atoms with van der Waals surface area (Å²) in [4.78, 5) is 17.8. The monoisotopic (exact) mass is 649 g/mol. The number of pyridine rings is 1. The molecule has 0 spiro atoms. The molecule has 2 unspecified atom stereocenters. The van der Waals surface area contributed by atoms with E-state index in [-0.39, 0.29) is 17.9 Å². The van der Waals surface area contributed by atoms with Gasteiger partial charge in [-0.15, -0.1) is 5.73 Å². The molecule has 2 aromatic rings. The predicted octanol–water partition coefficient (Wildman–Crippen LogP) is 7.72. The number of nitrogens with zero attached hydrogens (tertiary/aromatic N) is 2. The first kappa shape index (κ1) is 35.7. The van der Waals surface area contributed by atoms with E-state index in [1.165, 1.54) is 47.5 Å². The fraction of sp³-hybridized carbons (Fsp3) is 0.303. The van der Waals surface area contributed by atoms with Gasteiger partial charge in [0.25, 0.3) is 0 Å². The molecule has 4 N–H and O–H groups in total. The van der Waals surface area contributed by atoms with Gasteiger partial charge >= 0.3 is 12.4 Å². The van der Waals surface area contributed by atoms with Gasteiger partial charge in [0.05, 0.1) is 28.1 Å². The molecule has 2 aliphatic rings. The Hall–Kier alpha value is -4.77. The largest absolute Gasteiger partial charge is 0.417 e. The van der Waals surface area contributed by atoms with Crippen molar-refractivity contribution in [1.29, 1.82) is 0 Å². The van der Waals surface area contributed by atoms with Crippen LogP contribution in [0.25, 0.3) is 11.3 Å². The Kier molecular flexibility index (Phi) is 11.0. The van der Waals surface area contributed by atoms with Crippen molar-refractivity contribution in [2.24, 2.45) is 5.73 Å². The lowest BCUT2D eigenvalue weighted by Gasteiger charge is -2.24. The normalized spacial score (nSPS) is 18.4. The number of hydrogen-bond donors (Lipinski definition) is 3. The van der Waals surface area contributed by atoms with Crippen LogP contribution in [0.4, 0.5) is 36.4 Å². The number of amides is 1. The van der Waals surface area contributed by atoms with Crippen LogP contribution in [0.1, 0.15) is 44.4 Å². The standard InChI is InChI=1S/C21H20F4N4O.C12H14F3N/c1-3-8-27-10-15(21(23,24)25)16-9-14-18(28-11-20(14,2)19(26)30)17(29-16)12-4-6-13(22)7-5-12;1-4-9(2)7-16-8-11(12(13,14)15)6-5-10(16)3/h4-9,15,27-28H,1,10-11H2,2H3,(H2,26,30);5-8H,3-4H2,1-2H3/b;9-7-.